The third-order valence-electron chi connectivity index (χ3n) is 5.60. The number of β-lactam (4-membered cyclic amide) rings is 1. The van der Waals surface area contributed by atoms with Gasteiger partial charge < -0.3 is 0 Å². The molecule has 26 heavy (non-hydrogen) atoms. The molecule has 0 radical (unpaired) electrons. The summed E-state index contributed by atoms with van der Waals surface area (Å²) in [4.78, 5) is 30.5. The average molecular weight is 366 g/mol. The van der Waals surface area contributed by atoms with E-state index in [0.29, 0.717) is 23.1 Å². The second kappa shape index (κ2) is 5.17. The molecular weight excluding hydrogens is 350 g/mol. The third kappa shape index (κ3) is 1.73. The van der Waals surface area contributed by atoms with Crippen molar-refractivity contribution in [1.82, 2.24) is 9.66 Å². The van der Waals surface area contributed by atoms with Crippen molar-refractivity contribution in [2.45, 2.75) is 30.7 Å². The Balaban J connectivity index is 1.78. The van der Waals surface area contributed by atoms with Gasteiger partial charge in [-0.25, -0.2) is 9.99 Å². The highest BCUT2D eigenvalue weighted by molar-refractivity contribution is 6.37. The van der Waals surface area contributed by atoms with Gasteiger partial charge in [0.1, 0.15) is 16.7 Å². The van der Waals surface area contributed by atoms with E-state index in [2.05, 4.69) is 11.1 Å². The van der Waals surface area contributed by atoms with Crippen LogP contribution in [-0.4, -0.2) is 20.9 Å². The number of amides is 1. The summed E-state index contributed by atoms with van der Waals surface area (Å²) in [5.41, 5.74) is 1.90. The minimum absolute atomic E-state index is 0.242. The molecule has 2 aromatic carbocycles. The van der Waals surface area contributed by atoms with E-state index in [0.717, 1.165) is 12.0 Å². The molecule has 1 aliphatic heterocycles. The zero-order chi connectivity index (χ0) is 18.1. The zero-order valence-corrected chi connectivity index (χ0v) is 14.9. The summed E-state index contributed by atoms with van der Waals surface area (Å²) in [6.07, 6.45) is 1.53. The van der Waals surface area contributed by atoms with Crippen molar-refractivity contribution in [1.29, 1.82) is 0 Å². The Labute approximate surface area is 154 Å². The summed E-state index contributed by atoms with van der Waals surface area (Å²) < 4.78 is 1.41. The first kappa shape index (κ1) is 15.6. The van der Waals surface area contributed by atoms with Crippen LogP contribution in [-0.2, 0) is 16.8 Å². The fourth-order valence-electron chi connectivity index (χ4n) is 4.40. The molecule has 1 spiro atoms. The number of benzene rings is 2. The predicted molar refractivity (Wildman–Crippen MR) is 100 cm³/mol. The van der Waals surface area contributed by atoms with Crippen LogP contribution >= 0.6 is 11.6 Å². The number of aromatic nitrogens is 2. The fourth-order valence-corrected chi connectivity index (χ4v) is 4.81. The van der Waals surface area contributed by atoms with Gasteiger partial charge in [0, 0.05) is 0 Å². The van der Waals surface area contributed by atoms with Crippen LogP contribution in [0.15, 0.2) is 53.3 Å². The van der Waals surface area contributed by atoms with E-state index in [-0.39, 0.29) is 11.5 Å². The number of fused-ring (bicyclic) bond motifs is 3. The molecule has 130 valence electrons. The monoisotopic (exact) mass is 365 g/mol. The van der Waals surface area contributed by atoms with Gasteiger partial charge in [-0.2, -0.15) is 4.68 Å². The number of carbonyl (C=O) groups is 1. The summed E-state index contributed by atoms with van der Waals surface area (Å²) in [6.45, 7) is 1.75. The highest BCUT2D eigenvalue weighted by Crippen LogP contribution is 2.51. The number of hydrogen-bond acceptors (Lipinski definition) is 3. The van der Waals surface area contributed by atoms with Crippen LogP contribution in [0.25, 0.3) is 10.9 Å². The van der Waals surface area contributed by atoms with Gasteiger partial charge in [0.15, 0.2) is 0 Å². The average Bonchev–Trinajstić information content (AvgIpc) is 3.06. The Morgan fingerprint density at radius 2 is 1.85 bits per heavy atom. The number of nitrogens with zero attached hydrogens (tertiary/aromatic N) is 3. The number of rotatable bonds is 1. The lowest BCUT2D eigenvalue weighted by Gasteiger charge is -2.53. The van der Waals surface area contributed by atoms with Gasteiger partial charge in [0.25, 0.3) is 11.5 Å². The summed E-state index contributed by atoms with van der Waals surface area (Å²) in [7, 11) is 0. The van der Waals surface area contributed by atoms with Crippen molar-refractivity contribution >= 4 is 28.4 Å². The quantitative estimate of drug-likeness (QED) is 0.492. The van der Waals surface area contributed by atoms with Crippen molar-refractivity contribution < 1.29 is 4.79 Å². The van der Waals surface area contributed by atoms with Crippen molar-refractivity contribution in [3.63, 3.8) is 0 Å². The predicted octanol–water partition coefficient (Wildman–Crippen LogP) is 2.63. The lowest BCUT2D eigenvalue weighted by Crippen LogP contribution is -2.75. The molecule has 0 saturated carbocycles. The van der Waals surface area contributed by atoms with E-state index in [1.165, 1.54) is 15.2 Å². The van der Waals surface area contributed by atoms with Crippen LogP contribution in [0.2, 0.25) is 0 Å². The summed E-state index contributed by atoms with van der Waals surface area (Å²) in [5.74, 6) is 0.222. The standard InChI is InChI=1S/C20H16ClN3O2/c1-12-22-16-9-5-3-7-14(16)18(25)23(12)24-19(26)17(21)20(24)11-10-13-6-2-4-8-15(13)20/h2-9,17H,10-11H2,1H3. The lowest BCUT2D eigenvalue weighted by atomic mass is 9.79. The molecule has 0 bridgehead atoms. The molecule has 5 rings (SSSR count). The number of para-hydroxylation sites is 1. The summed E-state index contributed by atoms with van der Waals surface area (Å²) in [6, 6.07) is 15.2. The van der Waals surface area contributed by atoms with Gasteiger partial charge in [-0.15, -0.1) is 11.6 Å². The maximum absolute atomic E-state index is 13.2. The Morgan fingerprint density at radius 1 is 1.12 bits per heavy atom. The number of aryl methyl sites for hydroxylation is 2. The Morgan fingerprint density at radius 3 is 2.69 bits per heavy atom. The molecule has 2 unspecified atom stereocenters. The second-order valence-electron chi connectivity index (χ2n) is 6.89. The molecule has 0 N–H and O–H groups in total. The molecule has 1 aromatic heterocycles. The van der Waals surface area contributed by atoms with E-state index in [9.17, 15) is 9.59 Å². The van der Waals surface area contributed by atoms with Gasteiger partial charge in [-0.05, 0) is 43.0 Å². The van der Waals surface area contributed by atoms with Gasteiger partial charge in [-0.1, -0.05) is 36.4 Å². The number of halogens is 1. The van der Waals surface area contributed by atoms with Crippen LogP contribution in [0, 0.1) is 6.92 Å². The minimum Gasteiger partial charge on any atom is -0.271 e. The molecule has 6 heteroatoms. The molecular formula is C20H16ClN3O2. The van der Waals surface area contributed by atoms with Crippen LogP contribution in [0.1, 0.15) is 23.4 Å². The Bertz CT molecular complexity index is 1140. The molecule has 2 aliphatic rings. The van der Waals surface area contributed by atoms with Gasteiger partial charge in [0.2, 0.25) is 0 Å². The molecule has 1 fully saturated rings. The van der Waals surface area contributed by atoms with Crippen LogP contribution in [0.4, 0.5) is 0 Å². The molecule has 1 aliphatic carbocycles. The SMILES string of the molecule is Cc1nc2ccccc2c(=O)n1N1C(=O)C(Cl)C12CCc1ccccc12. The molecule has 5 nitrogen and oxygen atoms in total. The maximum atomic E-state index is 13.2. The first-order valence-corrected chi connectivity index (χ1v) is 9.04. The molecule has 2 heterocycles. The van der Waals surface area contributed by atoms with E-state index in [1.807, 2.05) is 24.3 Å². The molecule has 1 saturated heterocycles. The van der Waals surface area contributed by atoms with Crippen molar-refractivity contribution in [3.05, 3.63) is 75.8 Å². The van der Waals surface area contributed by atoms with Crippen LogP contribution in [0.5, 0.6) is 0 Å². The Kier molecular flexibility index (Phi) is 3.10. The van der Waals surface area contributed by atoms with Gasteiger partial charge in [0.05, 0.1) is 10.9 Å². The minimum atomic E-state index is -0.687. The lowest BCUT2D eigenvalue weighted by molar-refractivity contribution is -0.130. The molecule has 1 amide bonds. The highest BCUT2D eigenvalue weighted by atomic mass is 35.5. The third-order valence-corrected chi connectivity index (χ3v) is 6.15. The van der Waals surface area contributed by atoms with E-state index in [4.69, 9.17) is 11.6 Å². The van der Waals surface area contributed by atoms with Crippen LogP contribution in [0.3, 0.4) is 0 Å². The van der Waals surface area contributed by atoms with E-state index in [1.54, 1.807) is 25.1 Å². The van der Waals surface area contributed by atoms with E-state index < -0.39 is 10.9 Å². The largest absolute Gasteiger partial charge is 0.280 e. The number of alkyl halides is 1. The van der Waals surface area contributed by atoms with Gasteiger partial charge in [-0.3, -0.25) is 9.59 Å². The maximum Gasteiger partial charge on any atom is 0.280 e. The normalized spacial score (nSPS) is 24.2. The van der Waals surface area contributed by atoms with Crippen molar-refractivity contribution in [2.75, 3.05) is 5.01 Å². The molecule has 2 atom stereocenters. The van der Waals surface area contributed by atoms with E-state index >= 15 is 0 Å². The topological polar surface area (TPSA) is 55.2 Å². The van der Waals surface area contributed by atoms with Crippen LogP contribution < -0.4 is 10.6 Å². The first-order valence-electron chi connectivity index (χ1n) is 8.61. The summed E-state index contributed by atoms with van der Waals surface area (Å²) in [5, 5.41) is 1.35. The second-order valence-corrected chi connectivity index (χ2v) is 7.32. The fraction of sp³-hybridized carbons (Fsp3) is 0.250. The first-order chi connectivity index (χ1) is 12.6. The van der Waals surface area contributed by atoms with Crippen molar-refractivity contribution in [3.8, 4) is 0 Å². The number of carbonyl (C=O) groups excluding carboxylic acids is 1. The smallest absolute Gasteiger partial charge is 0.271 e. The van der Waals surface area contributed by atoms with Crippen molar-refractivity contribution in [2.24, 2.45) is 0 Å². The van der Waals surface area contributed by atoms with Gasteiger partial charge >= 0.3 is 0 Å². The highest BCUT2D eigenvalue weighted by Gasteiger charge is 2.64. The zero-order valence-electron chi connectivity index (χ0n) is 14.1. The Hall–Kier alpha value is -2.66. The summed E-state index contributed by atoms with van der Waals surface area (Å²) >= 11 is 6.53. The number of hydrogen-bond donors (Lipinski definition) is 0. The molecule has 3 aromatic rings.